The molecule has 0 aromatic heterocycles. The monoisotopic (exact) mass is 362 g/mol. The molecule has 0 aromatic carbocycles. The zero-order valence-corrected chi connectivity index (χ0v) is 10.7. The quantitative estimate of drug-likeness (QED) is 0.620. The maximum atomic E-state index is 9.00. The van der Waals surface area contributed by atoms with Gasteiger partial charge in [0.2, 0.25) is 0 Å². The summed E-state index contributed by atoms with van der Waals surface area (Å²) in [5.74, 6) is -0.833. The van der Waals surface area contributed by atoms with Gasteiger partial charge in [0.05, 0.1) is 0 Å². The summed E-state index contributed by atoms with van der Waals surface area (Å²) in [6.07, 6.45) is 0. The second-order valence-electron chi connectivity index (χ2n) is 0.519. The third-order valence-electron chi connectivity index (χ3n) is 0. The van der Waals surface area contributed by atoms with Gasteiger partial charge >= 0.3 is 0 Å². The summed E-state index contributed by atoms with van der Waals surface area (Å²) in [4.78, 5) is 9.00. The predicted molar refractivity (Wildman–Crippen MR) is 13.3 cm³/mol. The van der Waals surface area contributed by atoms with E-state index in [-0.39, 0.29) is 50.6 Å². The van der Waals surface area contributed by atoms with Crippen molar-refractivity contribution in [3.05, 3.63) is 0 Å². The molecule has 0 aliphatic rings. The first kappa shape index (κ1) is 15.7. The molecular weight excluding hydrogens is 359 g/mol. The Kier molecular flexibility index (Phi) is 24.8. The number of hydrogen-bond donors (Lipinski definition) is 1. The minimum Gasteiger partial charge on any atom is -0.481 e. The van der Waals surface area contributed by atoms with Crippen LogP contribution >= 0.6 is 0 Å². The molecule has 0 radical (unpaired) electrons. The zero-order chi connectivity index (χ0) is 3.58. The maximum Gasteiger partial charge on any atom is 0.300 e. The maximum absolute atomic E-state index is 9.00. The van der Waals surface area contributed by atoms with Gasteiger partial charge in [0.1, 0.15) is 0 Å². The van der Waals surface area contributed by atoms with Gasteiger partial charge in [-0.25, -0.2) is 0 Å². The van der Waals surface area contributed by atoms with Crippen LogP contribution in [0.2, 0.25) is 0 Å². The molecule has 0 aliphatic heterocycles. The molecule has 0 saturated carbocycles. The van der Waals surface area contributed by atoms with E-state index < -0.39 is 5.97 Å². The molecular formula is C2H4O2UZn. The van der Waals surface area contributed by atoms with Crippen LogP contribution in [0, 0.1) is 31.1 Å². The Balaban J connectivity index is -0.0000000450. The first-order chi connectivity index (χ1) is 1.73. The zero-order valence-electron chi connectivity index (χ0n) is 3.56. The molecule has 0 heterocycles. The summed E-state index contributed by atoms with van der Waals surface area (Å²) >= 11 is 0. The third kappa shape index (κ3) is 67.4. The molecule has 30 valence electrons. The van der Waals surface area contributed by atoms with Crippen LogP contribution in [0.3, 0.4) is 0 Å². The van der Waals surface area contributed by atoms with Crippen molar-refractivity contribution in [1.82, 2.24) is 0 Å². The van der Waals surface area contributed by atoms with Crippen LogP contribution in [0.4, 0.5) is 0 Å². The first-order valence-corrected chi connectivity index (χ1v) is 0.928. The molecule has 0 saturated heterocycles. The SMILES string of the molecule is CC(=O)O.[U].[Zn]. The van der Waals surface area contributed by atoms with Gasteiger partial charge in [-0.1, -0.05) is 0 Å². The Bertz CT molecular complexity index is 34.5. The van der Waals surface area contributed by atoms with Gasteiger partial charge in [-0.3, -0.25) is 4.79 Å². The van der Waals surface area contributed by atoms with Gasteiger partial charge in [-0.15, -0.1) is 0 Å². The van der Waals surface area contributed by atoms with Gasteiger partial charge in [0.25, 0.3) is 5.97 Å². The van der Waals surface area contributed by atoms with Crippen molar-refractivity contribution in [2.75, 3.05) is 0 Å². The van der Waals surface area contributed by atoms with Gasteiger partial charge in [-0.2, -0.15) is 0 Å². The fraction of sp³-hybridized carbons (Fsp3) is 0.500. The summed E-state index contributed by atoms with van der Waals surface area (Å²) in [5.41, 5.74) is 0. The van der Waals surface area contributed by atoms with Crippen molar-refractivity contribution in [2.45, 2.75) is 6.92 Å². The largest absolute Gasteiger partial charge is 0.481 e. The predicted octanol–water partition coefficient (Wildman–Crippen LogP) is 0.0884. The Hall–Kier alpha value is 1.15. The van der Waals surface area contributed by atoms with E-state index in [0.717, 1.165) is 6.92 Å². The molecule has 0 spiro atoms. The van der Waals surface area contributed by atoms with Crippen molar-refractivity contribution in [1.29, 1.82) is 0 Å². The summed E-state index contributed by atoms with van der Waals surface area (Å²) in [6, 6.07) is 0. The third-order valence-corrected chi connectivity index (χ3v) is 0. The van der Waals surface area contributed by atoms with Crippen LogP contribution in [0.25, 0.3) is 0 Å². The fourth-order valence-electron chi connectivity index (χ4n) is 0. The van der Waals surface area contributed by atoms with Gasteiger partial charge < -0.3 is 5.11 Å². The van der Waals surface area contributed by atoms with Crippen LogP contribution in [-0.2, 0) is 24.3 Å². The average molecular weight is 363 g/mol. The van der Waals surface area contributed by atoms with E-state index in [2.05, 4.69) is 0 Å². The summed E-state index contributed by atoms with van der Waals surface area (Å²) in [6.45, 7) is 1.08. The molecule has 0 aliphatic carbocycles. The number of carboxylic acid groups (broad SMARTS) is 1. The van der Waals surface area contributed by atoms with Crippen molar-refractivity contribution in [3.63, 3.8) is 0 Å². The second-order valence-corrected chi connectivity index (χ2v) is 0.519. The van der Waals surface area contributed by atoms with Gasteiger partial charge in [0, 0.05) is 57.5 Å². The molecule has 0 rings (SSSR count). The van der Waals surface area contributed by atoms with E-state index in [1.807, 2.05) is 0 Å². The molecule has 0 amide bonds. The molecule has 0 bridgehead atoms. The van der Waals surface area contributed by atoms with Crippen LogP contribution < -0.4 is 0 Å². The van der Waals surface area contributed by atoms with Crippen LogP contribution in [-0.4, -0.2) is 11.1 Å². The molecule has 4 heteroatoms. The van der Waals surface area contributed by atoms with Crippen molar-refractivity contribution in [3.8, 4) is 0 Å². The van der Waals surface area contributed by atoms with E-state index >= 15 is 0 Å². The van der Waals surface area contributed by atoms with E-state index in [9.17, 15) is 0 Å². The van der Waals surface area contributed by atoms with E-state index in [1.165, 1.54) is 0 Å². The van der Waals surface area contributed by atoms with Crippen molar-refractivity contribution < 1.29 is 60.5 Å². The minimum absolute atomic E-state index is 0. The summed E-state index contributed by atoms with van der Waals surface area (Å²) < 4.78 is 0. The number of hydrogen-bond acceptors (Lipinski definition) is 1. The first-order valence-electron chi connectivity index (χ1n) is 0.928. The normalized spacial score (nSPS) is 4.17. The van der Waals surface area contributed by atoms with E-state index in [4.69, 9.17) is 9.90 Å². The summed E-state index contributed by atoms with van der Waals surface area (Å²) in [5, 5.41) is 7.42. The smallest absolute Gasteiger partial charge is 0.300 e. The van der Waals surface area contributed by atoms with Gasteiger partial charge in [-0.05, 0) is 0 Å². The van der Waals surface area contributed by atoms with E-state index in [1.54, 1.807) is 0 Å². The molecule has 0 fully saturated rings. The van der Waals surface area contributed by atoms with Crippen molar-refractivity contribution >= 4 is 5.97 Å². The molecule has 1 N–H and O–H groups in total. The second kappa shape index (κ2) is 9.47. The Morgan fingerprint density at radius 2 is 1.67 bits per heavy atom. The number of rotatable bonds is 0. The number of carbonyl (C=O) groups is 1. The molecule has 0 aromatic rings. The molecule has 0 atom stereocenters. The fourth-order valence-corrected chi connectivity index (χ4v) is 0. The minimum atomic E-state index is -0.833. The molecule has 0 unspecified atom stereocenters. The van der Waals surface area contributed by atoms with E-state index in [0.29, 0.717) is 0 Å². The molecule has 2 nitrogen and oxygen atoms in total. The molecule has 6 heavy (non-hydrogen) atoms. The van der Waals surface area contributed by atoms with Gasteiger partial charge in [0.15, 0.2) is 0 Å². The Morgan fingerprint density at radius 1 is 1.67 bits per heavy atom. The van der Waals surface area contributed by atoms with Crippen LogP contribution in [0.5, 0.6) is 0 Å². The topological polar surface area (TPSA) is 37.3 Å². The average Bonchev–Trinajstić information content (AvgIpc) is 0.811. The standard InChI is InChI=1S/C2H4O2.U.Zn/c1-2(3)4;;/h1H3,(H,3,4);;. The van der Waals surface area contributed by atoms with Crippen LogP contribution in [0.15, 0.2) is 0 Å². The Morgan fingerprint density at radius 3 is 1.67 bits per heavy atom. The summed E-state index contributed by atoms with van der Waals surface area (Å²) in [7, 11) is 0. The number of aliphatic carboxylic acids is 1. The Labute approximate surface area is 72.8 Å². The van der Waals surface area contributed by atoms with Crippen LogP contribution in [0.1, 0.15) is 6.92 Å². The van der Waals surface area contributed by atoms with Crippen molar-refractivity contribution in [2.24, 2.45) is 0 Å². The number of carboxylic acids is 1.